The van der Waals surface area contributed by atoms with Crippen LogP contribution < -0.4 is 10.9 Å². The molecule has 1 rings (SSSR count). The molecule has 0 fully saturated rings. The first kappa shape index (κ1) is 15.7. The van der Waals surface area contributed by atoms with Crippen LogP contribution in [0.3, 0.4) is 0 Å². The number of rotatable bonds is 6. The van der Waals surface area contributed by atoms with Crippen molar-refractivity contribution >= 4 is 27.6 Å². The second kappa shape index (κ2) is 7.28. The van der Waals surface area contributed by atoms with Gasteiger partial charge in [-0.3, -0.25) is 9.59 Å². The summed E-state index contributed by atoms with van der Waals surface area (Å²) in [6, 6.07) is 0. The van der Waals surface area contributed by atoms with E-state index in [4.69, 9.17) is 4.74 Å². The highest BCUT2D eigenvalue weighted by molar-refractivity contribution is 9.10. The minimum absolute atomic E-state index is 0.00174. The smallest absolute Gasteiger partial charge is 0.325 e. The molecule has 1 aromatic heterocycles. The summed E-state index contributed by atoms with van der Waals surface area (Å²) in [7, 11) is 0. The number of nitrogens with one attached hydrogen (secondary N) is 1. The fourth-order valence-electron chi connectivity index (χ4n) is 1.44. The van der Waals surface area contributed by atoms with Crippen molar-refractivity contribution in [2.45, 2.75) is 27.3 Å². The van der Waals surface area contributed by atoms with Gasteiger partial charge >= 0.3 is 5.97 Å². The topological polar surface area (TPSA) is 73.2 Å². The number of esters is 1. The molecule has 0 saturated heterocycles. The van der Waals surface area contributed by atoms with Gasteiger partial charge in [-0.1, -0.05) is 13.8 Å². The zero-order valence-electron chi connectivity index (χ0n) is 11.3. The van der Waals surface area contributed by atoms with E-state index in [-0.39, 0.29) is 18.1 Å². The minimum Gasteiger partial charge on any atom is -0.465 e. The van der Waals surface area contributed by atoms with Crippen molar-refractivity contribution in [2.24, 2.45) is 5.92 Å². The first-order valence-electron chi connectivity index (χ1n) is 6.10. The van der Waals surface area contributed by atoms with Crippen LogP contribution in [-0.4, -0.2) is 28.9 Å². The molecule has 0 unspecified atom stereocenters. The molecule has 0 bridgehead atoms. The molecule has 7 heteroatoms. The second-order valence-electron chi connectivity index (χ2n) is 4.41. The summed E-state index contributed by atoms with van der Waals surface area (Å²) in [5, 5.41) is 6.88. The van der Waals surface area contributed by atoms with Crippen LogP contribution in [0.15, 0.2) is 15.5 Å². The predicted octanol–water partition coefficient (Wildman–Crippen LogP) is 1.64. The Hall–Kier alpha value is -1.37. The third kappa shape index (κ3) is 4.66. The van der Waals surface area contributed by atoms with Crippen LogP contribution in [0.2, 0.25) is 0 Å². The van der Waals surface area contributed by atoms with Crippen LogP contribution in [0.25, 0.3) is 0 Å². The molecule has 0 aliphatic heterocycles. The van der Waals surface area contributed by atoms with Crippen LogP contribution in [0.1, 0.15) is 20.8 Å². The standard InChI is InChI=1S/C12H18BrN3O3/c1-4-19-10(17)6-14-9-5-15-16(7-8(2)3)12(18)11(9)13/h5,8,14H,4,6-7H2,1-3H3. The van der Waals surface area contributed by atoms with E-state index in [1.54, 1.807) is 6.92 Å². The lowest BCUT2D eigenvalue weighted by atomic mass is 10.2. The Morgan fingerprint density at radius 1 is 1.58 bits per heavy atom. The van der Waals surface area contributed by atoms with Gasteiger partial charge in [0, 0.05) is 6.54 Å². The molecule has 0 aromatic carbocycles. The summed E-state index contributed by atoms with van der Waals surface area (Å²) >= 11 is 3.22. The number of carbonyl (C=O) groups excluding carboxylic acids is 1. The van der Waals surface area contributed by atoms with E-state index in [0.717, 1.165) is 0 Å². The molecule has 0 atom stereocenters. The maximum Gasteiger partial charge on any atom is 0.325 e. The van der Waals surface area contributed by atoms with Gasteiger partial charge in [-0.25, -0.2) is 4.68 Å². The fourth-order valence-corrected chi connectivity index (χ4v) is 1.89. The Morgan fingerprint density at radius 2 is 2.26 bits per heavy atom. The lowest BCUT2D eigenvalue weighted by Crippen LogP contribution is -2.27. The van der Waals surface area contributed by atoms with E-state index < -0.39 is 0 Å². The van der Waals surface area contributed by atoms with Crippen molar-refractivity contribution in [1.29, 1.82) is 0 Å². The van der Waals surface area contributed by atoms with Crippen molar-refractivity contribution in [3.8, 4) is 0 Å². The zero-order valence-corrected chi connectivity index (χ0v) is 12.9. The summed E-state index contributed by atoms with van der Waals surface area (Å²) in [6.45, 7) is 6.64. The molecule has 0 amide bonds. The highest BCUT2D eigenvalue weighted by atomic mass is 79.9. The van der Waals surface area contributed by atoms with Crippen molar-refractivity contribution in [1.82, 2.24) is 9.78 Å². The van der Waals surface area contributed by atoms with E-state index in [2.05, 4.69) is 26.3 Å². The fraction of sp³-hybridized carbons (Fsp3) is 0.583. The molecule has 106 valence electrons. The Bertz CT molecular complexity index is 499. The molecule has 0 aliphatic rings. The quantitative estimate of drug-likeness (QED) is 0.802. The second-order valence-corrected chi connectivity index (χ2v) is 5.20. The third-order valence-corrected chi connectivity index (χ3v) is 3.02. The molecule has 6 nitrogen and oxygen atoms in total. The van der Waals surface area contributed by atoms with Gasteiger partial charge in [-0.05, 0) is 28.8 Å². The molecule has 0 radical (unpaired) electrons. The molecular formula is C12H18BrN3O3. The van der Waals surface area contributed by atoms with E-state index in [1.165, 1.54) is 10.9 Å². The monoisotopic (exact) mass is 331 g/mol. The van der Waals surface area contributed by atoms with Crippen LogP contribution in [0, 0.1) is 5.92 Å². The average Bonchev–Trinajstić information content (AvgIpc) is 2.34. The highest BCUT2D eigenvalue weighted by Gasteiger charge is 2.11. The number of ether oxygens (including phenoxy) is 1. The number of nitrogens with zero attached hydrogens (tertiary/aromatic N) is 2. The summed E-state index contributed by atoms with van der Waals surface area (Å²) in [4.78, 5) is 23.2. The van der Waals surface area contributed by atoms with Gasteiger partial charge in [0.05, 0.1) is 18.5 Å². The van der Waals surface area contributed by atoms with E-state index >= 15 is 0 Å². The lowest BCUT2D eigenvalue weighted by Gasteiger charge is -2.11. The van der Waals surface area contributed by atoms with E-state index in [1.807, 2.05) is 13.8 Å². The van der Waals surface area contributed by atoms with Crippen molar-refractivity contribution in [3.05, 3.63) is 21.0 Å². The van der Waals surface area contributed by atoms with Gasteiger partial charge in [0.1, 0.15) is 11.0 Å². The minimum atomic E-state index is -0.374. The largest absolute Gasteiger partial charge is 0.465 e. The zero-order chi connectivity index (χ0) is 14.4. The molecule has 1 heterocycles. The van der Waals surface area contributed by atoms with Crippen LogP contribution >= 0.6 is 15.9 Å². The normalized spacial score (nSPS) is 10.6. The molecule has 0 spiro atoms. The Kier molecular flexibility index (Phi) is 6.01. The Labute approximate surface area is 120 Å². The molecule has 1 aromatic rings. The number of carbonyl (C=O) groups is 1. The average molecular weight is 332 g/mol. The molecule has 0 saturated carbocycles. The Morgan fingerprint density at radius 3 is 2.84 bits per heavy atom. The van der Waals surface area contributed by atoms with Crippen LogP contribution in [0.4, 0.5) is 5.69 Å². The van der Waals surface area contributed by atoms with Gasteiger partial charge in [0.2, 0.25) is 0 Å². The number of halogens is 1. The SMILES string of the molecule is CCOC(=O)CNc1cnn(CC(C)C)c(=O)c1Br. The highest BCUT2D eigenvalue weighted by Crippen LogP contribution is 2.16. The first-order valence-corrected chi connectivity index (χ1v) is 6.90. The van der Waals surface area contributed by atoms with Gasteiger partial charge < -0.3 is 10.1 Å². The lowest BCUT2D eigenvalue weighted by molar-refractivity contribution is -0.140. The van der Waals surface area contributed by atoms with Gasteiger partial charge in [0.15, 0.2) is 0 Å². The van der Waals surface area contributed by atoms with Gasteiger partial charge in [0.25, 0.3) is 5.56 Å². The predicted molar refractivity (Wildman–Crippen MR) is 76.2 cm³/mol. The van der Waals surface area contributed by atoms with Crippen LogP contribution in [0.5, 0.6) is 0 Å². The number of anilines is 1. The first-order chi connectivity index (χ1) is 8.95. The van der Waals surface area contributed by atoms with E-state index in [0.29, 0.717) is 29.2 Å². The summed E-state index contributed by atoms with van der Waals surface area (Å²) in [5.74, 6) is -0.0452. The van der Waals surface area contributed by atoms with Crippen molar-refractivity contribution in [2.75, 3.05) is 18.5 Å². The molecule has 19 heavy (non-hydrogen) atoms. The third-order valence-electron chi connectivity index (χ3n) is 2.25. The Balaban J connectivity index is 2.79. The van der Waals surface area contributed by atoms with Gasteiger partial charge in [-0.2, -0.15) is 5.10 Å². The summed E-state index contributed by atoms with van der Waals surface area (Å²) in [5.41, 5.74) is 0.264. The number of aromatic nitrogens is 2. The molecule has 0 aliphatic carbocycles. The maximum absolute atomic E-state index is 12.0. The summed E-state index contributed by atoms with van der Waals surface area (Å²) in [6.07, 6.45) is 1.52. The van der Waals surface area contributed by atoms with Crippen molar-refractivity contribution in [3.63, 3.8) is 0 Å². The van der Waals surface area contributed by atoms with Crippen molar-refractivity contribution < 1.29 is 9.53 Å². The molecule has 1 N–H and O–H groups in total. The van der Waals surface area contributed by atoms with Gasteiger partial charge in [-0.15, -0.1) is 0 Å². The van der Waals surface area contributed by atoms with Crippen LogP contribution in [-0.2, 0) is 16.1 Å². The maximum atomic E-state index is 12.0. The molecular weight excluding hydrogens is 314 g/mol. The number of hydrogen-bond donors (Lipinski definition) is 1. The van der Waals surface area contributed by atoms with E-state index in [9.17, 15) is 9.59 Å². The summed E-state index contributed by atoms with van der Waals surface area (Å²) < 4.78 is 6.55. The number of hydrogen-bond acceptors (Lipinski definition) is 5.